The molecular formula is C11H10N3O. The number of primary amides is 1. The van der Waals surface area contributed by atoms with Gasteiger partial charge < -0.3 is 5.73 Å². The molecule has 0 saturated carbocycles. The van der Waals surface area contributed by atoms with Gasteiger partial charge in [-0.1, -0.05) is 0 Å². The molecule has 0 fully saturated rings. The first-order valence-electron chi connectivity index (χ1n) is 4.50. The number of carbonyl (C=O) groups is 1. The van der Waals surface area contributed by atoms with Crippen molar-refractivity contribution in [2.75, 3.05) is 0 Å². The summed E-state index contributed by atoms with van der Waals surface area (Å²) >= 11 is 0. The number of hydrogen-bond acceptors (Lipinski definition) is 2. The Morgan fingerprint density at radius 1 is 1.53 bits per heavy atom. The lowest BCUT2D eigenvalue weighted by molar-refractivity contribution is 0.100. The van der Waals surface area contributed by atoms with Crippen molar-refractivity contribution in [2.45, 2.75) is 6.92 Å². The molecule has 0 aliphatic rings. The lowest BCUT2D eigenvalue weighted by Crippen LogP contribution is -2.10. The van der Waals surface area contributed by atoms with Crippen LogP contribution in [0.15, 0.2) is 24.4 Å². The van der Waals surface area contributed by atoms with Crippen LogP contribution in [0, 0.1) is 13.0 Å². The van der Waals surface area contributed by atoms with Crippen molar-refractivity contribution < 1.29 is 4.79 Å². The molecule has 2 rings (SSSR count). The van der Waals surface area contributed by atoms with Gasteiger partial charge in [0.1, 0.15) is 0 Å². The maximum absolute atomic E-state index is 11.0. The molecule has 0 bridgehead atoms. The zero-order chi connectivity index (χ0) is 10.8. The molecule has 4 nitrogen and oxygen atoms in total. The van der Waals surface area contributed by atoms with E-state index in [0.29, 0.717) is 5.56 Å². The summed E-state index contributed by atoms with van der Waals surface area (Å²) in [7, 11) is 0. The molecule has 0 aliphatic heterocycles. The zero-order valence-electron chi connectivity index (χ0n) is 8.24. The SMILES string of the molecule is Cc1n[nH]cc1-c1c[c]cc(C(N)=O)c1. The van der Waals surface area contributed by atoms with Crippen LogP contribution in [0.25, 0.3) is 11.1 Å². The number of aryl methyl sites for hydroxylation is 1. The Labute approximate surface area is 87.1 Å². The number of carbonyl (C=O) groups excluding carboxylic acids is 1. The molecule has 2 aromatic rings. The molecule has 1 heterocycles. The Morgan fingerprint density at radius 3 is 2.93 bits per heavy atom. The summed E-state index contributed by atoms with van der Waals surface area (Å²) in [5.74, 6) is -0.450. The summed E-state index contributed by atoms with van der Waals surface area (Å²) in [6, 6.07) is 7.98. The van der Waals surface area contributed by atoms with Crippen LogP contribution in [0.4, 0.5) is 0 Å². The molecule has 1 amide bonds. The predicted molar refractivity (Wildman–Crippen MR) is 56.1 cm³/mol. The first-order chi connectivity index (χ1) is 7.18. The standard InChI is InChI=1S/C11H10N3O/c1-7-10(6-13-14-7)8-3-2-4-9(5-8)11(12)15/h3-6H,1H3,(H2,12,15)(H,13,14). The number of amides is 1. The number of benzene rings is 1. The second kappa shape index (κ2) is 3.57. The van der Waals surface area contributed by atoms with E-state index >= 15 is 0 Å². The number of nitrogens with zero attached hydrogens (tertiary/aromatic N) is 1. The number of nitrogens with one attached hydrogen (secondary N) is 1. The Kier molecular flexibility index (Phi) is 2.25. The monoisotopic (exact) mass is 200 g/mol. The molecule has 0 atom stereocenters. The summed E-state index contributed by atoms with van der Waals surface area (Å²) in [5.41, 5.74) is 8.36. The number of aromatic nitrogens is 2. The van der Waals surface area contributed by atoms with Gasteiger partial charge in [0.2, 0.25) is 5.91 Å². The molecule has 0 unspecified atom stereocenters. The second-order valence-corrected chi connectivity index (χ2v) is 3.26. The minimum atomic E-state index is -0.450. The highest BCUT2D eigenvalue weighted by atomic mass is 16.1. The fourth-order valence-corrected chi connectivity index (χ4v) is 1.42. The van der Waals surface area contributed by atoms with Gasteiger partial charge in [-0.15, -0.1) is 0 Å². The van der Waals surface area contributed by atoms with E-state index in [4.69, 9.17) is 5.73 Å². The molecule has 4 heteroatoms. The minimum Gasteiger partial charge on any atom is -0.366 e. The molecule has 75 valence electrons. The van der Waals surface area contributed by atoms with Gasteiger partial charge in [-0.2, -0.15) is 5.10 Å². The van der Waals surface area contributed by atoms with Gasteiger partial charge in [-0.05, 0) is 36.8 Å². The molecule has 0 saturated heterocycles. The highest BCUT2D eigenvalue weighted by Crippen LogP contribution is 2.21. The minimum absolute atomic E-state index is 0.450. The molecule has 1 radical (unpaired) electrons. The van der Waals surface area contributed by atoms with E-state index in [1.807, 2.05) is 6.92 Å². The largest absolute Gasteiger partial charge is 0.366 e. The van der Waals surface area contributed by atoms with Gasteiger partial charge in [0.25, 0.3) is 0 Å². The molecule has 0 aliphatic carbocycles. The Morgan fingerprint density at radius 2 is 2.33 bits per heavy atom. The highest BCUT2D eigenvalue weighted by Gasteiger charge is 2.06. The van der Waals surface area contributed by atoms with Crippen LogP contribution in [-0.2, 0) is 0 Å². The number of aromatic amines is 1. The van der Waals surface area contributed by atoms with E-state index in [1.165, 1.54) is 0 Å². The van der Waals surface area contributed by atoms with Gasteiger partial charge in [0, 0.05) is 17.3 Å². The van der Waals surface area contributed by atoms with Crippen molar-refractivity contribution in [2.24, 2.45) is 5.73 Å². The first kappa shape index (κ1) is 9.45. The number of H-pyrrole nitrogens is 1. The Hall–Kier alpha value is -2.10. The van der Waals surface area contributed by atoms with Gasteiger partial charge in [-0.3, -0.25) is 9.89 Å². The summed E-state index contributed by atoms with van der Waals surface area (Å²) in [4.78, 5) is 11.0. The highest BCUT2D eigenvalue weighted by molar-refractivity contribution is 5.94. The molecule has 0 spiro atoms. The smallest absolute Gasteiger partial charge is 0.248 e. The summed E-state index contributed by atoms with van der Waals surface area (Å²) < 4.78 is 0. The van der Waals surface area contributed by atoms with Crippen molar-refractivity contribution in [3.05, 3.63) is 41.7 Å². The number of nitrogens with two attached hydrogens (primary N) is 1. The number of rotatable bonds is 2. The van der Waals surface area contributed by atoms with Crippen LogP contribution in [0.1, 0.15) is 16.1 Å². The molecule has 1 aromatic heterocycles. The molecular weight excluding hydrogens is 190 g/mol. The van der Waals surface area contributed by atoms with E-state index in [0.717, 1.165) is 16.8 Å². The summed E-state index contributed by atoms with van der Waals surface area (Å²) in [6.45, 7) is 1.89. The third kappa shape index (κ3) is 1.74. The molecule has 15 heavy (non-hydrogen) atoms. The van der Waals surface area contributed by atoms with Gasteiger partial charge >= 0.3 is 0 Å². The lowest BCUT2D eigenvalue weighted by Gasteiger charge is -2.00. The number of hydrogen-bond donors (Lipinski definition) is 2. The van der Waals surface area contributed by atoms with Gasteiger partial charge in [0.15, 0.2) is 0 Å². The van der Waals surface area contributed by atoms with E-state index in [1.54, 1.807) is 24.4 Å². The summed E-state index contributed by atoms with van der Waals surface area (Å²) in [6.07, 6.45) is 1.78. The fourth-order valence-electron chi connectivity index (χ4n) is 1.42. The van der Waals surface area contributed by atoms with Crippen LogP contribution in [0.3, 0.4) is 0 Å². The van der Waals surface area contributed by atoms with Crippen LogP contribution < -0.4 is 5.73 Å². The van der Waals surface area contributed by atoms with Crippen LogP contribution in [-0.4, -0.2) is 16.1 Å². The first-order valence-corrected chi connectivity index (χ1v) is 4.50. The molecule has 1 aromatic carbocycles. The van der Waals surface area contributed by atoms with Crippen molar-refractivity contribution >= 4 is 5.91 Å². The Bertz CT molecular complexity index is 502. The topological polar surface area (TPSA) is 71.8 Å². The van der Waals surface area contributed by atoms with Gasteiger partial charge in [0.05, 0.1) is 5.69 Å². The third-order valence-electron chi connectivity index (χ3n) is 2.22. The predicted octanol–water partition coefficient (Wildman–Crippen LogP) is 1.28. The maximum atomic E-state index is 11.0. The Balaban J connectivity index is 2.50. The maximum Gasteiger partial charge on any atom is 0.248 e. The van der Waals surface area contributed by atoms with Crippen molar-refractivity contribution in [1.29, 1.82) is 0 Å². The second-order valence-electron chi connectivity index (χ2n) is 3.26. The van der Waals surface area contributed by atoms with Crippen molar-refractivity contribution in [1.82, 2.24) is 10.2 Å². The lowest BCUT2D eigenvalue weighted by atomic mass is 10.0. The van der Waals surface area contributed by atoms with E-state index in [-0.39, 0.29) is 0 Å². The van der Waals surface area contributed by atoms with Gasteiger partial charge in [-0.25, -0.2) is 0 Å². The average Bonchev–Trinajstić information content (AvgIpc) is 2.64. The zero-order valence-corrected chi connectivity index (χ0v) is 8.24. The molecule has 3 N–H and O–H groups in total. The third-order valence-corrected chi connectivity index (χ3v) is 2.22. The van der Waals surface area contributed by atoms with Crippen molar-refractivity contribution in [3.8, 4) is 11.1 Å². The summed E-state index contributed by atoms with van der Waals surface area (Å²) in [5, 5.41) is 6.78. The van der Waals surface area contributed by atoms with E-state index in [9.17, 15) is 4.79 Å². The van der Waals surface area contributed by atoms with Crippen molar-refractivity contribution in [3.63, 3.8) is 0 Å². The average molecular weight is 200 g/mol. The quantitative estimate of drug-likeness (QED) is 0.766. The van der Waals surface area contributed by atoms with E-state index < -0.39 is 5.91 Å². The van der Waals surface area contributed by atoms with Crippen LogP contribution >= 0.6 is 0 Å². The fraction of sp³-hybridized carbons (Fsp3) is 0.0909. The van der Waals surface area contributed by atoms with Crippen LogP contribution in [0.5, 0.6) is 0 Å². The van der Waals surface area contributed by atoms with Crippen LogP contribution in [0.2, 0.25) is 0 Å². The van der Waals surface area contributed by atoms with E-state index in [2.05, 4.69) is 16.3 Å². The normalized spacial score (nSPS) is 10.2.